The molecule has 0 saturated heterocycles. The molecule has 0 saturated carbocycles. The van der Waals surface area contributed by atoms with Gasteiger partial charge in [0.25, 0.3) is 0 Å². The second-order valence-electron chi connectivity index (χ2n) is 6.00. The Labute approximate surface area is 165 Å². The summed E-state index contributed by atoms with van der Waals surface area (Å²) in [6, 6.07) is 10.4. The highest BCUT2D eigenvalue weighted by molar-refractivity contribution is 8.00. The highest BCUT2D eigenvalue weighted by Crippen LogP contribution is 2.29. The number of methoxy groups -OCH3 is 1. The number of thioether (sulfide) groups is 1. The summed E-state index contributed by atoms with van der Waals surface area (Å²) in [6.07, 6.45) is 3.44. The molecule has 0 bridgehead atoms. The van der Waals surface area contributed by atoms with Gasteiger partial charge in [-0.3, -0.25) is 4.79 Å². The molecular formula is C20H19F2N3O2S. The maximum atomic E-state index is 13.3. The van der Waals surface area contributed by atoms with Gasteiger partial charge in [-0.05, 0) is 24.3 Å². The summed E-state index contributed by atoms with van der Waals surface area (Å²) in [5.41, 5.74) is 0.769. The SMILES string of the molecule is COc1ccccc1C(NC(=O)CSc1ccc(F)c(F)c1)c1nccn1C. The van der Waals surface area contributed by atoms with E-state index in [0.29, 0.717) is 16.5 Å². The number of aromatic nitrogens is 2. The lowest BCUT2D eigenvalue weighted by Crippen LogP contribution is -2.32. The van der Waals surface area contributed by atoms with Gasteiger partial charge in [-0.15, -0.1) is 11.8 Å². The standard InChI is InChI=1S/C20H19F2N3O2S/c1-25-10-9-23-20(25)19(14-5-3-4-6-17(14)27-2)24-18(26)12-28-13-7-8-15(21)16(22)11-13/h3-11,19H,12H2,1-2H3,(H,24,26). The molecule has 0 aliphatic rings. The zero-order valence-electron chi connectivity index (χ0n) is 15.4. The minimum absolute atomic E-state index is 0.0428. The number of halogens is 2. The Balaban J connectivity index is 1.78. The number of para-hydroxylation sites is 1. The summed E-state index contributed by atoms with van der Waals surface area (Å²) in [4.78, 5) is 17.4. The quantitative estimate of drug-likeness (QED) is 0.611. The zero-order valence-corrected chi connectivity index (χ0v) is 16.2. The van der Waals surface area contributed by atoms with Crippen LogP contribution in [0.4, 0.5) is 8.78 Å². The van der Waals surface area contributed by atoms with Crippen LogP contribution in [0.5, 0.6) is 5.75 Å². The first-order chi connectivity index (χ1) is 13.5. The summed E-state index contributed by atoms with van der Waals surface area (Å²) in [5.74, 6) is -0.806. The van der Waals surface area contributed by atoms with Crippen molar-refractivity contribution in [3.05, 3.63) is 77.9 Å². The number of hydrogen-bond donors (Lipinski definition) is 1. The fourth-order valence-corrected chi connectivity index (χ4v) is 3.49. The predicted octanol–water partition coefficient (Wildman–Crippen LogP) is 3.70. The number of carbonyl (C=O) groups is 1. The zero-order chi connectivity index (χ0) is 20.1. The Morgan fingerprint density at radius 2 is 2.04 bits per heavy atom. The number of ether oxygens (including phenoxy) is 1. The second kappa shape index (κ2) is 8.88. The van der Waals surface area contributed by atoms with E-state index in [1.54, 1.807) is 19.5 Å². The minimum atomic E-state index is -0.940. The average molecular weight is 403 g/mol. The van der Waals surface area contributed by atoms with Crippen molar-refractivity contribution in [2.45, 2.75) is 10.9 Å². The lowest BCUT2D eigenvalue weighted by atomic mass is 10.0. The Morgan fingerprint density at radius 3 is 2.71 bits per heavy atom. The first-order valence-corrected chi connectivity index (χ1v) is 9.45. The van der Waals surface area contributed by atoms with Gasteiger partial charge in [0.05, 0.1) is 12.9 Å². The highest BCUT2D eigenvalue weighted by Gasteiger charge is 2.23. The first kappa shape index (κ1) is 19.9. The van der Waals surface area contributed by atoms with Crippen LogP contribution in [0.2, 0.25) is 0 Å². The molecule has 0 aliphatic carbocycles. The number of hydrogen-bond acceptors (Lipinski definition) is 4. The van der Waals surface area contributed by atoms with Crippen LogP contribution in [0.1, 0.15) is 17.4 Å². The third-order valence-corrected chi connectivity index (χ3v) is 5.13. The molecule has 1 amide bonds. The molecule has 0 radical (unpaired) electrons. The van der Waals surface area contributed by atoms with Gasteiger partial charge in [0.15, 0.2) is 11.6 Å². The molecule has 1 N–H and O–H groups in total. The van der Waals surface area contributed by atoms with Gasteiger partial charge >= 0.3 is 0 Å². The number of nitrogens with zero attached hydrogens (tertiary/aromatic N) is 2. The monoisotopic (exact) mass is 403 g/mol. The summed E-state index contributed by atoms with van der Waals surface area (Å²) in [6.45, 7) is 0. The van der Waals surface area contributed by atoms with E-state index in [1.165, 1.54) is 6.07 Å². The Bertz CT molecular complexity index is 978. The molecule has 1 unspecified atom stereocenters. The van der Waals surface area contributed by atoms with Crippen molar-refractivity contribution in [1.82, 2.24) is 14.9 Å². The smallest absolute Gasteiger partial charge is 0.231 e. The molecule has 0 spiro atoms. The van der Waals surface area contributed by atoms with Crippen LogP contribution in [-0.2, 0) is 11.8 Å². The number of imidazole rings is 1. The maximum absolute atomic E-state index is 13.3. The summed E-state index contributed by atoms with van der Waals surface area (Å²) in [5, 5.41) is 2.96. The van der Waals surface area contributed by atoms with Crippen LogP contribution in [0, 0.1) is 11.6 Å². The molecule has 0 fully saturated rings. The van der Waals surface area contributed by atoms with E-state index < -0.39 is 17.7 Å². The lowest BCUT2D eigenvalue weighted by molar-refractivity contribution is -0.119. The fourth-order valence-electron chi connectivity index (χ4n) is 2.76. The van der Waals surface area contributed by atoms with Crippen LogP contribution in [0.3, 0.4) is 0 Å². The van der Waals surface area contributed by atoms with E-state index in [1.807, 2.05) is 35.9 Å². The number of aryl methyl sites for hydroxylation is 1. The highest BCUT2D eigenvalue weighted by atomic mass is 32.2. The average Bonchev–Trinajstić information content (AvgIpc) is 3.12. The topological polar surface area (TPSA) is 56.1 Å². The van der Waals surface area contributed by atoms with Gasteiger partial charge in [-0.25, -0.2) is 13.8 Å². The number of benzene rings is 2. The second-order valence-corrected chi connectivity index (χ2v) is 7.05. The largest absolute Gasteiger partial charge is 0.496 e. The minimum Gasteiger partial charge on any atom is -0.496 e. The predicted molar refractivity (Wildman–Crippen MR) is 103 cm³/mol. The molecule has 3 rings (SSSR count). The van der Waals surface area contributed by atoms with Crippen molar-refractivity contribution in [3.8, 4) is 5.75 Å². The van der Waals surface area contributed by atoms with Gasteiger partial charge in [0, 0.05) is 29.9 Å². The van der Waals surface area contributed by atoms with Gasteiger partial charge in [-0.1, -0.05) is 18.2 Å². The van der Waals surface area contributed by atoms with Gasteiger partial charge in [0.2, 0.25) is 5.91 Å². The van der Waals surface area contributed by atoms with E-state index in [9.17, 15) is 13.6 Å². The number of rotatable bonds is 7. The summed E-state index contributed by atoms with van der Waals surface area (Å²) < 4.78 is 33.6. The van der Waals surface area contributed by atoms with Gasteiger partial charge in [0.1, 0.15) is 17.6 Å². The van der Waals surface area contributed by atoms with Crippen molar-refractivity contribution >= 4 is 17.7 Å². The number of nitrogens with one attached hydrogen (secondary N) is 1. The third kappa shape index (κ3) is 4.51. The van der Waals surface area contributed by atoms with Crippen molar-refractivity contribution in [2.75, 3.05) is 12.9 Å². The molecule has 5 nitrogen and oxygen atoms in total. The molecular weight excluding hydrogens is 384 g/mol. The Morgan fingerprint density at radius 1 is 1.25 bits per heavy atom. The summed E-state index contributed by atoms with van der Waals surface area (Å²) >= 11 is 1.12. The molecule has 8 heteroatoms. The van der Waals surface area contributed by atoms with E-state index in [0.717, 1.165) is 29.5 Å². The van der Waals surface area contributed by atoms with E-state index >= 15 is 0 Å². The molecule has 1 heterocycles. The Hall–Kier alpha value is -2.87. The van der Waals surface area contributed by atoms with Gasteiger partial charge < -0.3 is 14.6 Å². The van der Waals surface area contributed by atoms with E-state index in [4.69, 9.17) is 4.74 Å². The third-order valence-electron chi connectivity index (χ3n) is 4.13. The molecule has 0 aliphatic heterocycles. The Kier molecular flexibility index (Phi) is 6.30. The van der Waals surface area contributed by atoms with Gasteiger partial charge in [-0.2, -0.15) is 0 Å². The molecule has 1 atom stereocenters. The van der Waals surface area contributed by atoms with Crippen LogP contribution < -0.4 is 10.1 Å². The van der Waals surface area contributed by atoms with Crippen molar-refractivity contribution < 1.29 is 18.3 Å². The van der Waals surface area contributed by atoms with Crippen molar-refractivity contribution in [2.24, 2.45) is 7.05 Å². The van der Waals surface area contributed by atoms with Crippen LogP contribution in [-0.4, -0.2) is 28.3 Å². The normalized spacial score (nSPS) is 11.9. The van der Waals surface area contributed by atoms with Crippen LogP contribution in [0.15, 0.2) is 59.8 Å². The lowest BCUT2D eigenvalue weighted by Gasteiger charge is -2.21. The fraction of sp³-hybridized carbons (Fsp3) is 0.200. The van der Waals surface area contributed by atoms with E-state index in [2.05, 4.69) is 10.3 Å². The molecule has 146 valence electrons. The molecule has 28 heavy (non-hydrogen) atoms. The first-order valence-electron chi connectivity index (χ1n) is 8.47. The molecule has 3 aromatic rings. The number of carbonyl (C=O) groups excluding carboxylic acids is 1. The van der Waals surface area contributed by atoms with Crippen molar-refractivity contribution in [1.29, 1.82) is 0 Å². The molecule has 2 aromatic carbocycles. The van der Waals surface area contributed by atoms with E-state index in [-0.39, 0.29) is 11.7 Å². The molecule has 1 aromatic heterocycles. The maximum Gasteiger partial charge on any atom is 0.231 e. The van der Waals surface area contributed by atoms with Crippen molar-refractivity contribution in [3.63, 3.8) is 0 Å². The summed E-state index contributed by atoms with van der Waals surface area (Å²) in [7, 11) is 3.40. The van der Waals surface area contributed by atoms with Crippen LogP contribution >= 0.6 is 11.8 Å². The van der Waals surface area contributed by atoms with Crippen LogP contribution in [0.25, 0.3) is 0 Å². The number of amides is 1.